The van der Waals surface area contributed by atoms with Gasteiger partial charge in [0.05, 0.1) is 52.4 Å². The summed E-state index contributed by atoms with van der Waals surface area (Å²) < 4.78 is 3.20. The van der Waals surface area contributed by atoms with E-state index in [0.29, 0.717) is 39.7 Å². The quantitative estimate of drug-likeness (QED) is 0.360. The molecule has 14 heteroatoms. The molecule has 0 spiro atoms. The smallest absolute Gasteiger partial charge is 0.273 e. The number of pyridine rings is 1. The van der Waals surface area contributed by atoms with E-state index >= 15 is 0 Å². The van der Waals surface area contributed by atoms with E-state index in [4.69, 9.17) is 28.3 Å². The van der Waals surface area contributed by atoms with Gasteiger partial charge in [-0.3, -0.25) is 19.4 Å². The highest BCUT2D eigenvalue weighted by atomic mass is 35.5. The summed E-state index contributed by atoms with van der Waals surface area (Å²) >= 11 is 12.3. The summed E-state index contributed by atoms with van der Waals surface area (Å²) in [5.41, 5.74) is 3.42. The third-order valence-corrected chi connectivity index (χ3v) is 8.91. The van der Waals surface area contributed by atoms with Gasteiger partial charge in [-0.15, -0.1) is 0 Å². The number of aromatic nitrogens is 6. The SMILES string of the molecule is CNC(=O)[C@@H]1CN([C@@H](C)c2ccc(-n3ncnc3C)cn2)C(=O)c2c3c(nn21)C[C@@H](C)N(C(=O)c1ccc(Cl)c(Cl)c1)C3. The van der Waals surface area contributed by atoms with Crippen LogP contribution in [-0.4, -0.2) is 76.7 Å². The number of halogens is 2. The van der Waals surface area contributed by atoms with E-state index in [1.165, 1.54) is 11.0 Å². The number of aryl methyl sites for hydroxylation is 1. The molecule has 3 amide bonds. The van der Waals surface area contributed by atoms with Crippen molar-refractivity contribution >= 4 is 40.9 Å². The van der Waals surface area contributed by atoms with Gasteiger partial charge >= 0.3 is 0 Å². The average molecular weight is 623 g/mol. The monoisotopic (exact) mass is 621 g/mol. The minimum atomic E-state index is -0.752. The maximum absolute atomic E-state index is 14.2. The molecule has 2 aliphatic rings. The van der Waals surface area contributed by atoms with Crippen molar-refractivity contribution in [2.24, 2.45) is 0 Å². The van der Waals surface area contributed by atoms with Gasteiger partial charge in [-0.05, 0) is 51.1 Å². The highest BCUT2D eigenvalue weighted by Gasteiger charge is 2.43. The number of nitrogens with zero attached hydrogens (tertiary/aromatic N) is 8. The molecule has 0 radical (unpaired) electrons. The Morgan fingerprint density at radius 2 is 1.91 bits per heavy atom. The van der Waals surface area contributed by atoms with E-state index in [9.17, 15) is 14.4 Å². The Bertz CT molecular complexity index is 1750. The van der Waals surface area contributed by atoms with Gasteiger partial charge in [-0.1, -0.05) is 23.2 Å². The number of amides is 3. The van der Waals surface area contributed by atoms with Crippen molar-refractivity contribution in [3.63, 3.8) is 0 Å². The van der Waals surface area contributed by atoms with Crippen LogP contribution in [0.15, 0.2) is 42.9 Å². The van der Waals surface area contributed by atoms with Crippen molar-refractivity contribution in [1.82, 2.24) is 44.6 Å². The van der Waals surface area contributed by atoms with Gasteiger partial charge in [0.2, 0.25) is 5.91 Å². The predicted octanol–water partition coefficient (Wildman–Crippen LogP) is 3.57. The fourth-order valence-electron chi connectivity index (χ4n) is 5.74. The first-order chi connectivity index (χ1) is 20.6. The molecule has 0 unspecified atom stereocenters. The van der Waals surface area contributed by atoms with Crippen LogP contribution in [0.1, 0.15) is 69.6 Å². The summed E-state index contributed by atoms with van der Waals surface area (Å²) in [6, 6.07) is 7.05. The van der Waals surface area contributed by atoms with Gasteiger partial charge in [-0.2, -0.15) is 10.2 Å². The lowest BCUT2D eigenvalue weighted by molar-refractivity contribution is -0.125. The molecule has 1 aromatic carbocycles. The molecule has 4 aromatic rings. The fraction of sp³-hybridized carbons (Fsp3) is 0.345. The number of likely N-dealkylation sites (N-methyl/N-ethyl adjacent to an activating group) is 1. The molecule has 5 heterocycles. The van der Waals surface area contributed by atoms with Crippen molar-refractivity contribution in [2.45, 2.75) is 51.9 Å². The first kappa shape index (κ1) is 28.8. The van der Waals surface area contributed by atoms with Gasteiger partial charge in [0.25, 0.3) is 11.8 Å². The maximum Gasteiger partial charge on any atom is 0.273 e. The second-order valence-electron chi connectivity index (χ2n) is 10.8. The van der Waals surface area contributed by atoms with Crippen LogP contribution in [0.4, 0.5) is 0 Å². The van der Waals surface area contributed by atoms with Crippen molar-refractivity contribution in [2.75, 3.05) is 13.6 Å². The molecule has 0 bridgehead atoms. The van der Waals surface area contributed by atoms with E-state index in [-0.39, 0.29) is 41.9 Å². The largest absolute Gasteiger partial charge is 0.357 e. The highest BCUT2D eigenvalue weighted by molar-refractivity contribution is 6.42. The molecule has 1 N–H and O–H groups in total. The third kappa shape index (κ3) is 4.94. The van der Waals surface area contributed by atoms with E-state index in [0.717, 1.165) is 11.5 Å². The molecule has 0 saturated heterocycles. The van der Waals surface area contributed by atoms with Crippen LogP contribution in [-0.2, 0) is 17.8 Å². The molecule has 222 valence electrons. The Morgan fingerprint density at radius 1 is 1.12 bits per heavy atom. The first-order valence-electron chi connectivity index (χ1n) is 13.8. The number of carbonyl (C=O) groups excluding carboxylic acids is 3. The second-order valence-corrected chi connectivity index (χ2v) is 11.6. The number of fused-ring (bicyclic) bond motifs is 3. The van der Waals surface area contributed by atoms with Gasteiger partial charge in [-0.25, -0.2) is 14.3 Å². The summed E-state index contributed by atoms with van der Waals surface area (Å²) in [6.07, 6.45) is 3.58. The second kappa shape index (κ2) is 11.1. The van der Waals surface area contributed by atoms with E-state index < -0.39 is 12.1 Å². The zero-order valence-electron chi connectivity index (χ0n) is 24.0. The van der Waals surface area contributed by atoms with Crippen LogP contribution >= 0.6 is 23.2 Å². The van der Waals surface area contributed by atoms with Gasteiger partial charge < -0.3 is 15.1 Å². The number of nitrogens with one attached hydrogen (secondary N) is 1. The number of benzene rings is 1. The zero-order chi connectivity index (χ0) is 30.6. The van der Waals surface area contributed by atoms with E-state index in [1.807, 2.05) is 32.9 Å². The Kier molecular flexibility index (Phi) is 7.43. The highest BCUT2D eigenvalue weighted by Crippen LogP contribution is 2.35. The van der Waals surface area contributed by atoms with E-state index in [2.05, 4.69) is 20.4 Å². The number of carbonyl (C=O) groups is 3. The minimum Gasteiger partial charge on any atom is -0.357 e. The lowest BCUT2D eigenvalue weighted by Gasteiger charge is -2.37. The van der Waals surface area contributed by atoms with Gasteiger partial charge in [0.1, 0.15) is 23.9 Å². The van der Waals surface area contributed by atoms with Crippen molar-refractivity contribution in [1.29, 1.82) is 0 Å². The fourth-order valence-corrected chi connectivity index (χ4v) is 6.04. The molecular formula is C29H29Cl2N9O3. The standard InChI is InChI=1S/C29H29Cl2N9O3/c1-15-9-24-20(12-37(15)28(42)18-5-7-21(30)22(31)10-18)26-29(43)38(13-25(27(41)32-4)40(26)36-24)16(2)23-8-6-19(11-33-23)39-17(3)34-14-35-39/h5-8,10-11,14-16,25H,9,12-13H2,1-4H3,(H,32,41)/t15-,16+,25+/m1/s1. The topological polar surface area (TPSA) is 131 Å². The Labute approximate surface area is 257 Å². The Morgan fingerprint density at radius 3 is 2.56 bits per heavy atom. The Balaban J connectivity index is 1.34. The molecule has 0 fully saturated rings. The van der Waals surface area contributed by atoms with Crippen LogP contribution in [0.3, 0.4) is 0 Å². The first-order valence-corrected chi connectivity index (χ1v) is 14.6. The molecule has 43 heavy (non-hydrogen) atoms. The lowest BCUT2D eigenvalue weighted by Crippen LogP contribution is -2.49. The Hall–Kier alpha value is -4.29. The van der Waals surface area contributed by atoms with Crippen molar-refractivity contribution in [3.05, 3.63) is 86.9 Å². The molecule has 3 atom stereocenters. The third-order valence-electron chi connectivity index (χ3n) is 8.17. The average Bonchev–Trinajstić information content (AvgIpc) is 3.60. The molecular weight excluding hydrogens is 593 g/mol. The summed E-state index contributed by atoms with van der Waals surface area (Å²) in [4.78, 5) is 53.0. The van der Waals surface area contributed by atoms with E-state index in [1.54, 1.807) is 45.9 Å². The molecule has 12 nitrogen and oxygen atoms in total. The summed E-state index contributed by atoms with van der Waals surface area (Å²) in [5.74, 6) is -0.0652. The molecule has 0 aliphatic carbocycles. The maximum atomic E-state index is 14.2. The van der Waals surface area contributed by atoms with Crippen LogP contribution in [0.5, 0.6) is 0 Å². The van der Waals surface area contributed by atoms with Gasteiger partial charge in [0, 0.05) is 30.6 Å². The number of hydrogen-bond acceptors (Lipinski definition) is 7. The zero-order valence-corrected chi connectivity index (χ0v) is 25.5. The van der Waals surface area contributed by atoms with Crippen LogP contribution in [0.25, 0.3) is 5.69 Å². The number of hydrogen-bond donors (Lipinski definition) is 1. The molecule has 0 saturated carbocycles. The van der Waals surface area contributed by atoms with Crippen molar-refractivity contribution in [3.8, 4) is 5.69 Å². The predicted molar refractivity (Wildman–Crippen MR) is 158 cm³/mol. The summed E-state index contributed by atoms with van der Waals surface area (Å²) in [6.45, 7) is 5.92. The lowest BCUT2D eigenvalue weighted by atomic mass is 9.96. The minimum absolute atomic E-state index is 0.111. The summed E-state index contributed by atoms with van der Waals surface area (Å²) in [7, 11) is 1.56. The summed E-state index contributed by atoms with van der Waals surface area (Å²) in [5, 5.41) is 12.3. The molecule has 2 aliphatic heterocycles. The molecule has 6 rings (SSSR count). The molecule has 3 aromatic heterocycles. The normalized spacial score (nSPS) is 18.7. The number of rotatable bonds is 5. The van der Waals surface area contributed by atoms with Crippen LogP contribution in [0.2, 0.25) is 10.0 Å². The van der Waals surface area contributed by atoms with Crippen LogP contribution in [0, 0.1) is 6.92 Å². The van der Waals surface area contributed by atoms with Crippen molar-refractivity contribution < 1.29 is 14.4 Å². The van der Waals surface area contributed by atoms with Crippen LogP contribution < -0.4 is 5.32 Å². The van der Waals surface area contributed by atoms with Gasteiger partial charge in [0.15, 0.2) is 0 Å².